The molecule has 4 nitrogen and oxygen atoms in total. The van der Waals surface area contributed by atoms with Gasteiger partial charge in [0.15, 0.2) is 0 Å². The third kappa shape index (κ3) is 3.68. The van der Waals surface area contributed by atoms with Gasteiger partial charge in [-0.1, -0.05) is 0 Å². The maximum absolute atomic E-state index is 5.81. The van der Waals surface area contributed by atoms with E-state index in [4.69, 9.17) is 15.2 Å². The molecule has 1 unspecified atom stereocenters. The second-order valence-electron chi connectivity index (χ2n) is 4.71. The molecule has 0 aromatic carbocycles. The lowest BCUT2D eigenvalue weighted by Gasteiger charge is -2.13. The van der Waals surface area contributed by atoms with E-state index in [-0.39, 0.29) is 0 Å². The molecule has 18 heavy (non-hydrogen) atoms. The van der Waals surface area contributed by atoms with Crippen molar-refractivity contribution in [2.45, 2.75) is 38.7 Å². The highest BCUT2D eigenvalue weighted by atomic mass is 16.5. The van der Waals surface area contributed by atoms with E-state index in [0.29, 0.717) is 19.3 Å². The topological polar surface area (TPSA) is 57.4 Å². The number of hydrogen-bond acceptors (Lipinski definition) is 4. The van der Waals surface area contributed by atoms with Gasteiger partial charge in [0.2, 0.25) is 0 Å². The Kier molecular flexibility index (Phi) is 4.96. The predicted molar refractivity (Wildman–Crippen MR) is 70.8 cm³/mol. The highest BCUT2D eigenvalue weighted by molar-refractivity contribution is 5.29. The Balaban J connectivity index is 1.87. The molecule has 0 amide bonds. The zero-order valence-corrected chi connectivity index (χ0v) is 11.0. The fraction of sp³-hybridized carbons (Fsp3) is 0.643. The minimum absolute atomic E-state index is 0.376. The number of pyridine rings is 1. The lowest BCUT2D eigenvalue weighted by molar-refractivity contribution is 0.0901. The van der Waals surface area contributed by atoms with Crippen LogP contribution in [0.3, 0.4) is 0 Å². The van der Waals surface area contributed by atoms with Crippen molar-refractivity contribution in [2.24, 2.45) is 5.73 Å². The van der Waals surface area contributed by atoms with Crippen molar-refractivity contribution in [2.75, 3.05) is 19.8 Å². The van der Waals surface area contributed by atoms with Crippen LogP contribution in [0.4, 0.5) is 0 Å². The molecule has 2 N–H and O–H groups in total. The predicted octanol–water partition coefficient (Wildman–Crippen LogP) is 1.84. The van der Waals surface area contributed by atoms with E-state index in [0.717, 1.165) is 43.0 Å². The van der Waals surface area contributed by atoms with E-state index in [1.165, 1.54) is 6.42 Å². The summed E-state index contributed by atoms with van der Waals surface area (Å²) >= 11 is 0. The molecule has 2 heterocycles. The monoisotopic (exact) mass is 250 g/mol. The van der Waals surface area contributed by atoms with Gasteiger partial charge in [0.1, 0.15) is 5.75 Å². The van der Waals surface area contributed by atoms with Gasteiger partial charge in [0, 0.05) is 25.1 Å². The molecule has 1 aromatic heterocycles. The summed E-state index contributed by atoms with van der Waals surface area (Å²) in [6.45, 7) is 4.16. The lowest BCUT2D eigenvalue weighted by atomic mass is 10.2. The van der Waals surface area contributed by atoms with E-state index < -0.39 is 0 Å². The van der Waals surface area contributed by atoms with Crippen LogP contribution in [0.2, 0.25) is 0 Å². The van der Waals surface area contributed by atoms with Gasteiger partial charge in [-0.05, 0) is 38.4 Å². The molecule has 0 radical (unpaired) electrons. The second kappa shape index (κ2) is 6.71. The number of nitrogens with zero attached hydrogens (tertiary/aromatic N) is 1. The number of rotatable bonds is 6. The van der Waals surface area contributed by atoms with Crippen LogP contribution in [0.15, 0.2) is 12.1 Å². The fourth-order valence-electron chi connectivity index (χ4n) is 2.22. The fourth-order valence-corrected chi connectivity index (χ4v) is 2.22. The zero-order chi connectivity index (χ0) is 12.8. The molecule has 1 fully saturated rings. The number of aromatic nitrogens is 1. The maximum atomic E-state index is 5.81. The van der Waals surface area contributed by atoms with Crippen LogP contribution >= 0.6 is 0 Å². The van der Waals surface area contributed by atoms with Crippen LogP contribution in [0, 0.1) is 6.92 Å². The van der Waals surface area contributed by atoms with Crippen LogP contribution in [0.5, 0.6) is 5.75 Å². The molecule has 1 aliphatic rings. The summed E-state index contributed by atoms with van der Waals surface area (Å²) in [4.78, 5) is 4.48. The Morgan fingerprint density at radius 3 is 3.11 bits per heavy atom. The minimum Gasteiger partial charge on any atom is -0.492 e. The maximum Gasteiger partial charge on any atom is 0.140 e. The third-order valence-electron chi connectivity index (χ3n) is 3.17. The van der Waals surface area contributed by atoms with Crippen molar-refractivity contribution in [3.05, 3.63) is 23.5 Å². The molecule has 0 saturated carbocycles. The minimum atomic E-state index is 0.376. The molecule has 0 bridgehead atoms. The van der Waals surface area contributed by atoms with E-state index in [1.807, 2.05) is 19.1 Å². The van der Waals surface area contributed by atoms with Crippen molar-refractivity contribution in [3.8, 4) is 5.75 Å². The largest absolute Gasteiger partial charge is 0.492 e. The van der Waals surface area contributed by atoms with E-state index in [2.05, 4.69) is 4.98 Å². The van der Waals surface area contributed by atoms with Crippen molar-refractivity contribution in [1.82, 2.24) is 4.98 Å². The first-order valence-electron chi connectivity index (χ1n) is 6.70. The molecule has 2 rings (SSSR count). The Bertz CT molecular complexity index is 376. The first-order chi connectivity index (χ1) is 8.79. The summed E-state index contributed by atoms with van der Waals surface area (Å²) < 4.78 is 11.4. The molecule has 1 aliphatic heterocycles. The van der Waals surface area contributed by atoms with E-state index in [9.17, 15) is 0 Å². The second-order valence-corrected chi connectivity index (χ2v) is 4.71. The highest BCUT2D eigenvalue weighted by Crippen LogP contribution is 2.19. The Labute approximate surface area is 108 Å². The third-order valence-corrected chi connectivity index (χ3v) is 3.17. The standard InChI is InChI=1S/C14H22N2O2/c1-11-4-5-14(13(16-11)6-8-15)18-10-7-12-3-2-9-17-12/h4-5,12H,2-3,6-10,15H2,1H3. The van der Waals surface area contributed by atoms with Gasteiger partial charge in [-0.3, -0.25) is 4.98 Å². The summed E-state index contributed by atoms with van der Waals surface area (Å²) in [5.41, 5.74) is 7.56. The normalized spacial score (nSPS) is 19.1. The van der Waals surface area contributed by atoms with Gasteiger partial charge >= 0.3 is 0 Å². The quantitative estimate of drug-likeness (QED) is 0.837. The van der Waals surface area contributed by atoms with Crippen LogP contribution in [0.1, 0.15) is 30.7 Å². The summed E-state index contributed by atoms with van der Waals surface area (Å²) in [6, 6.07) is 3.96. The zero-order valence-electron chi connectivity index (χ0n) is 11.0. The molecule has 1 atom stereocenters. The van der Waals surface area contributed by atoms with Crippen molar-refractivity contribution >= 4 is 0 Å². The molecular formula is C14H22N2O2. The van der Waals surface area contributed by atoms with E-state index >= 15 is 0 Å². The number of nitrogens with two attached hydrogens (primary N) is 1. The first kappa shape index (κ1) is 13.3. The van der Waals surface area contributed by atoms with Gasteiger partial charge in [0.25, 0.3) is 0 Å². The van der Waals surface area contributed by atoms with Crippen molar-refractivity contribution < 1.29 is 9.47 Å². The van der Waals surface area contributed by atoms with Gasteiger partial charge in [-0.2, -0.15) is 0 Å². The van der Waals surface area contributed by atoms with Gasteiger partial charge in [-0.15, -0.1) is 0 Å². The molecular weight excluding hydrogens is 228 g/mol. The van der Waals surface area contributed by atoms with Crippen LogP contribution in [-0.4, -0.2) is 30.8 Å². The Morgan fingerprint density at radius 1 is 1.50 bits per heavy atom. The Hall–Kier alpha value is -1.13. The number of aryl methyl sites for hydroxylation is 1. The summed E-state index contributed by atoms with van der Waals surface area (Å²) in [6.07, 6.45) is 4.43. The molecule has 1 aromatic rings. The lowest BCUT2D eigenvalue weighted by Crippen LogP contribution is -2.13. The summed E-state index contributed by atoms with van der Waals surface area (Å²) in [7, 11) is 0. The van der Waals surface area contributed by atoms with Crippen LogP contribution in [-0.2, 0) is 11.2 Å². The van der Waals surface area contributed by atoms with E-state index in [1.54, 1.807) is 0 Å². The molecule has 0 aliphatic carbocycles. The molecule has 1 saturated heterocycles. The van der Waals surface area contributed by atoms with Gasteiger partial charge in [-0.25, -0.2) is 0 Å². The Morgan fingerprint density at radius 2 is 2.39 bits per heavy atom. The highest BCUT2D eigenvalue weighted by Gasteiger charge is 2.15. The molecule has 0 spiro atoms. The number of ether oxygens (including phenoxy) is 2. The summed E-state index contributed by atoms with van der Waals surface area (Å²) in [5, 5.41) is 0. The average Bonchev–Trinajstić information content (AvgIpc) is 2.85. The smallest absolute Gasteiger partial charge is 0.140 e. The number of hydrogen-bond donors (Lipinski definition) is 1. The van der Waals surface area contributed by atoms with Gasteiger partial charge in [0.05, 0.1) is 18.4 Å². The SMILES string of the molecule is Cc1ccc(OCCC2CCCO2)c(CCN)n1. The summed E-state index contributed by atoms with van der Waals surface area (Å²) in [5.74, 6) is 0.865. The van der Waals surface area contributed by atoms with Gasteiger partial charge < -0.3 is 15.2 Å². The van der Waals surface area contributed by atoms with Crippen molar-refractivity contribution in [3.63, 3.8) is 0 Å². The first-order valence-corrected chi connectivity index (χ1v) is 6.70. The van der Waals surface area contributed by atoms with Crippen LogP contribution in [0.25, 0.3) is 0 Å². The van der Waals surface area contributed by atoms with Crippen molar-refractivity contribution in [1.29, 1.82) is 0 Å². The molecule has 4 heteroatoms. The molecule has 100 valence electrons. The average molecular weight is 250 g/mol. The van der Waals surface area contributed by atoms with Crippen LogP contribution < -0.4 is 10.5 Å².